The minimum atomic E-state index is -4.31. The van der Waals surface area contributed by atoms with Gasteiger partial charge in [0.2, 0.25) is 0 Å². The molecule has 1 aliphatic heterocycles. The van der Waals surface area contributed by atoms with Crippen LogP contribution in [-0.2, 0) is 17.5 Å². The molecule has 1 N–H and O–H groups in total. The lowest BCUT2D eigenvalue weighted by molar-refractivity contribution is -0.137. The molecule has 0 amide bonds. The second-order valence-electron chi connectivity index (χ2n) is 5.75. The van der Waals surface area contributed by atoms with E-state index in [1.165, 1.54) is 12.1 Å². The lowest BCUT2D eigenvalue weighted by atomic mass is 10.0. The number of aryl methyl sites for hydroxylation is 1. The fraction of sp³-hybridized carbons (Fsp3) is 0.438. The van der Waals surface area contributed by atoms with Crippen LogP contribution < -0.4 is 0 Å². The Hall–Kier alpha value is -1.86. The van der Waals surface area contributed by atoms with Crippen molar-refractivity contribution in [2.45, 2.75) is 25.7 Å². The van der Waals surface area contributed by atoms with Crippen molar-refractivity contribution in [3.8, 4) is 0 Å². The van der Waals surface area contributed by atoms with E-state index < -0.39 is 11.7 Å². The van der Waals surface area contributed by atoms with E-state index in [4.69, 9.17) is 4.74 Å². The maximum atomic E-state index is 12.6. The van der Waals surface area contributed by atoms with E-state index in [2.05, 4.69) is 15.1 Å². The van der Waals surface area contributed by atoms with Crippen LogP contribution >= 0.6 is 0 Å². The van der Waals surface area contributed by atoms with Crippen LogP contribution in [0.25, 0.3) is 0 Å². The highest BCUT2D eigenvalue weighted by Crippen LogP contribution is 2.31. The van der Waals surface area contributed by atoms with Crippen molar-refractivity contribution >= 4 is 0 Å². The van der Waals surface area contributed by atoms with Crippen LogP contribution in [0.4, 0.5) is 13.2 Å². The topological polar surface area (TPSA) is 41.2 Å². The average molecular weight is 325 g/mol. The van der Waals surface area contributed by atoms with E-state index in [0.29, 0.717) is 13.2 Å². The van der Waals surface area contributed by atoms with Gasteiger partial charge >= 0.3 is 6.18 Å². The van der Waals surface area contributed by atoms with Gasteiger partial charge < -0.3 is 4.74 Å². The third-order valence-electron chi connectivity index (χ3n) is 4.08. The monoisotopic (exact) mass is 325 g/mol. The van der Waals surface area contributed by atoms with Crippen molar-refractivity contribution in [1.82, 2.24) is 15.1 Å². The Morgan fingerprint density at radius 3 is 2.65 bits per heavy atom. The summed E-state index contributed by atoms with van der Waals surface area (Å²) in [5.41, 5.74) is 2.28. The molecule has 1 aromatic heterocycles. The largest absolute Gasteiger partial charge is 0.416 e. The summed E-state index contributed by atoms with van der Waals surface area (Å²) >= 11 is 0. The summed E-state index contributed by atoms with van der Waals surface area (Å²) in [5.74, 6) is 0. The van der Waals surface area contributed by atoms with Crippen LogP contribution in [0, 0.1) is 6.92 Å². The first-order valence-corrected chi connectivity index (χ1v) is 7.43. The van der Waals surface area contributed by atoms with Crippen LogP contribution in [-0.4, -0.2) is 34.8 Å². The summed E-state index contributed by atoms with van der Waals surface area (Å²) in [4.78, 5) is 2.21. The summed E-state index contributed by atoms with van der Waals surface area (Å²) in [7, 11) is 0. The van der Waals surface area contributed by atoms with Crippen LogP contribution in [0.2, 0.25) is 0 Å². The predicted molar refractivity (Wildman–Crippen MR) is 78.7 cm³/mol. The number of alkyl halides is 3. The summed E-state index contributed by atoms with van der Waals surface area (Å²) in [5, 5.41) is 6.98. The van der Waals surface area contributed by atoms with Crippen molar-refractivity contribution in [3.05, 3.63) is 52.8 Å². The van der Waals surface area contributed by atoms with Crippen LogP contribution in [0.1, 0.15) is 28.5 Å². The summed E-state index contributed by atoms with van der Waals surface area (Å²) in [6.07, 6.45) is -2.74. The second kappa shape index (κ2) is 6.33. The number of morpholine rings is 1. The first-order valence-electron chi connectivity index (χ1n) is 7.43. The highest BCUT2D eigenvalue weighted by atomic mass is 19.4. The van der Waals surface area contributed by atoms with Crippen LogP contribution in [0.3, 0.4) is 0 Å². The first kappa shape index (κ1) is 16.0. The molecule has 2 heterocycles. The summed E-state index contributed by atoms with van der Waals surface area (Å²) < 4.78 is 43.6. The molecule has 0 spiro atoms. The molecule has 1 unspecified atom stereocenters. The predicted octanol–water partition coefficient (Wildman–Crippen LogP) is 3.31. The van der Waals surface area contributed by atoms with Gasteiger partial charge in [-0.05, 0) is 30.2 Å². The number of nitrogens with zero attached hydrogens (tertiary/aromatic N) is 2. The molecule has 3 rings (SSSR count). The number of hydrogen-bond acceptors (Lipinski definition) is 3. The van der Waals surface area contributed by atoms with Gasteiger partial charge in [-0.2, -0.15) is 18.3 Å². The maximum absolute atomic E-state index is 12.6. The quantitative estimate of drug-likeness (QED) is 0.941. The minimum Gasteiger partial charge on any atom is -0.371 e. The highest BCUT2D eigenvalue weighted by molar-refractivity contribution is 5.26. The van der Waals surface area contributed by atoms with Gasteiger partial charge in [0.05, 0.1) is 30.2 Å². The number of H-pyrrole nitrogens is 1. The number of rotatable bonds is 3. The Morgan fingerprint density at radius 2 is 2.04 bits per heavy atom. The standard InChI is InChI=1S/C16H18F3N3O/c1-11-8-20-21-14(11)9-22-6-7-23-15(10-22)12-2-4-13(5-3-12)16(17,18)19/h2-5,8,15H,6-7,9-10H2,1H3,(H,20,21). The molecule has 0 radical (unpaired) electrons. The van der Waals surface area contributed by atoms with E-state index in [0.717, 1.165) is 42.0 Å². The Labute approximate surface area is 132 Å². The number of halogens is 3. The highest BCUT2D eigenvalue weighted by Gasteiger charge is 2.30. The van der Waals surface area contributed by atoms with Gasteiger partial charge in [0.25, 0.3) is 0 Å². The van der Waals surface area contributed by atoms with Gasteiger partial charge in [0, 0.05) is 19.6 Å². The zero-order chi connectivity index (χ0) is 16.4. The van der Waals surface area contributed by atoms with E-state index >= 15 is 0 Å². The number of benzene rings is 1. The molecule has 1 saturated heterocycles. The van der Waals surface area contributed by atoms with E-state index in [9.17, 15) is 13.2 Å². The van der Waals surface area contributed by atoms with Gasteiger partial charge in [0.15, 0.2) is 0 Å². The van der Waals surface area contributed by atoms with Crippen LogP contribution in [0.5, 0.6) is 0 Å². The lowest BCUT2D eigenvalue weighted by Gasteiger charge is -2.33. The molecule has 7 heteroatoms. The summed E-state index contributed by atoms with van der Waals surface area (Å²) in [6, 6.07) is 5.21. The van der Waals surface area contributed by atoms with Gasteiger partial charge in [-0.25, -0.2) is 0 Å². The van der Waals surface area contributed by atoms with Crippen molar-refractivity contribution < 1.29 is 17.9 Å². The fourth-order valence-electron chi connectivity index (χ4n) is 2.69. The fourth-order valence-corrected chi connectivity index (χ4v) is 2.69. The van der Waals surface area contributed by atoms with E-state index in [1.807, 2.05) is 6.92 Å². The van der Waals surface area contributed by atoms with Crippen molar-refractivity contribution in [2.24, 2.45) is 0 Å². The van der Waals surface area contributed by atoms with Crippen LogP contribution in [0.15, 0.2) is 30.5 Å². The van der Waals surface area contributed by atoms with Gasteiger partial charge in [-0.1, -0.05) is 12.1 Å². The van der Waals surface area contributed by atoms with Gasteiger partial charge in [-0.3, -0.25) is 10.00 Å². The molecule has 1 fully saturated rings. The minimum absolute atomic E-state index is 0.214. The van der Waals surface area contributed by atoms with Gasteiger partial charge in [-0.15, -0.1) is 0 Å². The Morgan fingerprint density at radius 1 is 1.30 bits per heavy atom. The molecular formula is C16H18F3N3O. The van der Waals surface area contributed by atoms with Gasteiger partial charge in [0.1, 0.15) is 0 Å². The molecule has 1 aromatic carbocycles. The van der Waals surface area contributed by atoms with Crippen molar-refractivity contribution in [2.75, 3.05) is 19.7 Å². The molecule has 1 atom stereocenters. The first-order chi connectivity index (χ1) is 10.9. The molecule has 0 aliphatic carbocycles. The van der Waals surface area contributed by atoms with E-state index in [-0.39, 0.29) is 6.10 Å². The molecule has 23 heavy (non-hydrogen) atoms. The lowest BCUT2D eigenvalue weighted by Crippen LogP contribution is -2.38. The van der Waals surface area contributed by atoms with E-state index in [1.54, 1.807) is 6.20 Å². The normalized spacial score (nSPS) is 19.9. The molecular weight excluding hydrogens is 307 g/mol. The number of ether oxygens (including phenoxy) is 1. The number of hydrogen-bond donors (Lipinski definition) is 1. The second-order valence-corrected chi connectivity index (χ2v) is 5.75. The molecule has 4 nitrogen and oxygen atoms in total. The SMILES string of the molecule is Cc1cn[nH]c1CN1CCOC(c2ccc(C(F)(F)F)cc2)C1. The third-order valence-corrected chi connectivity index (χ3v) is 4.08. The molecule has 124 valence electrons. The van der Waals surface area contributed by atoms with Crippen molar-refractivity contribution in [3.63, 3.8) is 0 Å². The number of aromatic amines is 1. The van der Waals surface area contributed by atoms with Crippen molar-refractivity contribution in [1.29, 1.82) is 0 Å². The molecule has 1 aliphatic rings. The summed E-state index contributed by atoms with van der Waals surface area (Å²) in [6.45, 7) is 4.71. The Kier molecular flexibility index (Phi) is 4.41. The molecule has 0 saturated carbocycles. The third kappa shape index (κ3) is 3.73. The zero-order valence-corrected chi connectivity index (χ0v) is 12.7. The Balaban J connectivity index is 1.67. The average Bonchev–Trinajstić information content (AvgIpc) is 2.92. The Bertz CT molecular complexity index is 651. The molecule has 0 bridgehead atoms. The number of aromatic nitrogens is 2. The zero-order valence-electron chi connectivity index (χ0n) is 12.7. The smallest absolute Gasteiger partial charge is 0.371 e. The molecule has 2 aromatic rings. The number of nitrogens with one attached hydrogen (secondary N) is 1. The maximum Gasteiger partial charge on any atom is 0.416 e.